The number of methoxy groups -OCH3 is 1. The maximum absolute atomic E-state index is 12.4. The van der Waals surface area contributed by atoms with Crippen molar-refractivity contribution < 1.29 is 17.9 Å². The van der Waals surface area contributed by atoms with Gasteiger partial charge >= 0.3 is 0 Å². The first-order valence-corrected chi connectivity index (χ1v) is 11.1. The molecule has 0 atom stereocenters. The highest BCUT2D eigenvalue weighted by atomic mass is 32.2. The Balaban J connectivity index is 1.59. The molecule has 0 unspecified atom stereocenters. The lowest BCUT2D eigenvalue weighted by molar-refractivity contribution is -0.115. The zero-order chi connectivity index (χ0) is 20.1. The zero-order valence-electron chi connectivity index (χ0n) is 15.5. The Morgan fingerprint density at radius 3 is 2.43 bits per heavy atom. The standard InChI is InChI=1S/C20H20N2O4S2/c1-14-3-5-15(6-4-14)18-13-27-20(21-18)22-19(23)11-12-28(24,25)17-9-7-16(26-2)8-10-17/h3-10,13H,11-12H2,1-2H3,(H,21,22,23). The number of nitrogens with one attached hydrogen (secondary N) is 1. The lowest BCUT2D eigenvalue weighted by Gasteiger charge is -2.06. The second kappa shape index (κ2) is 8.53. The third-order valence-electron chi connectivity index (χ3n) is 4.11. The van der Waals surface area contributed by atoms with Crippen LogP contribution in [0.15, 0.2) is 58.8 Å². The summed E-state index contributed by atoms with van der Waals surface area (Å²) < 4.78 is 29.8. The van der Waals surface area contributed by atoms with Gasteiger partial charge in [0.25, 0.3) is 0 Å². The molecule has 6 nitrogen and oxygen atoms in total. The van der Waals surface area contributed by atoms with E-state index in [-0.39, 0.29) is 23.0 Å². The van der Waals surface area contributed by atoms with Crippen LogP contribution in [0.2, 0.25) is 0 Å². The number of benzene rings is 2. The smallest absolute Gasteiger partial charge is 0.227 e. The number of rotatable bonds is 7. The Kier molecular flexibility index (Phi) is 6.11. The van der Waals surface area contributed by atoms with Crippen molar-refractivity contribution in [1.82, 2.24) is 4.98 Å². The van der Waals surface area contributed by atoms with Gasteiger partial charge in [0.1, 0.15) is 5.75 Å². The van der Waals surface area contributed by atoms with E-state index in [2.05, 4.69) is 10.3 Å². The molecular weight excluding hydrogens is 396 g/mol. The van der Waals surface area contributed by atoms with E-state index in [1.165, 1.54) is 30.6 Å². The minimum absolute atomic E-state index is 0.145. The molecule has 0 bridgehead atoms. The summed E-state index contributed by atoms with van der Waals surface area (Å²) in [6.07, 6.45) is -0.145. The summed E-state index contributed by atoms with van der Waals surface area (Å²) >= 11 is 1.30. The molecule has 0 aliphatic heterocycles. The van der Waals surface area contributed by atoms with Crippen LogP contribution in [-0.4, -0.2) is 32.2 Å². The number of ether oxygens (including phenoxy) is 1. The van der Waals surface area contributed by atoms with Crippen molar-refractivity contribution in [2.24, 2.45) is 0 Å². The lowest BCUT2D eigenvalue weighted by Crippen LogP contribution is -2.17. The molecule has 1 heterocycles. The summed E-state index contributed by atoms with van der Waals surface area (Å²) in [5.41, 5.74) is 2.89. The second-order valence-electron chi connectivity index (χ2n) is 6.20. The van der Waals surface area contributed by atoms with Gasteiger partial charge in [-0.1, -0.05) is 29.8 Å². The van der Waals surface area contributed by atoms with Gasteiger partial charge in [-0.3, -0.25) is 4.79 Å². The maximum Gasteiger partial charge on any atom is 0.227 e. The number of nitrogens with zero attached hydrogens (tertiary/aromatic N) is 1. The molecule has 0 aliphatic carbocycles. The van der Waals surface area contributed by atoms with E-state index in [1.807, 2.05) is 36.6 Å². The Morgan fingerprint density at radius 2 is 1.79 bits per heavy atom. The van der Waals surface area contributed by atoms with Gasteiger partial charge in [0.2, 0.25) is 5.91 Å². The van der Waals surface area contributed by atoms with Gasteiger partial charge in [0.05, 0.1) is 23.5 Å². The fourth-order valence-electron chi connectivity index (χ4n) is 2.50. The van der Waals surface area contributed by atoms with Crippen molar-refractivity contribution >= 4 is 32.2 Å². The van der Waals surface area contributed by atoms with Crippen LogP contribution >= 0.6 is 11.3 Å². The predicted molar refractivity (Wildman–Crippen MR) is 111 cm³/mol. The van der Waals surface area contributed by atoms with Gasteiger partial charge in [0, 0.05) is 17.4 Å². The average molecular weight is 417 g/mol. The Labute approximate surface area is 168 Å². The minimum atomic E-state index is -3.55. The van der Waals surface area contributed by atoms with Crippen LogP contribution in [0.4, 0.5) is 5.13 Å². The highest BCUT2D eigenvalue weighted by molar-refractivity contribution is 7.91. The predicted octanol–water partition coefficient (Wildman–Crippen LogP) is 3.93. The highest BCUT2D eigenvalue weighted by Crippen LogP contribution is 2.25. The number of amides is 1. The molecule has 1 aromatic heterocycles. The van der Waals surface area contributed by atoms with E-state index in [4.69, 9.17) is 4.74 Å². The van der Waals surface area contributed by atoms with Crippen molar-refractivity contribution in [2.45, 2.75) is 18.2 Å². The van der Waals surface area contributed by atoms with Gasteiger partial charge in [-0.25, -0.2) is 13.4 Å². The molecule has 1 N–H and O–H groups in total. The first-order valence-electron chi connectivity index (χ1n) is 8.56. The molecule has 0 saturated carbocycles. The van der Waals surface area contributed by atoms with Gasteiger partial charge < -0.3 is 10.1 Å². The number of aryl methyl sites for hydroxylation is 1. The molecule has 8 heteroatoms. The van der Waals surface area contributed by atoms with Crippen LogP contribution in [0.3, 0.4) is 0 Å². The fraction of sp³-hybridized carbons (Fsp3) is 0.200. The van der Waals surface area contributed by atoms with E-state index in [9.17, 15) is 13.2 Å². The molecule has 0 aliphatic rings. The summed E-state index contributed by atoms with van der Waals surface area (Å²) in [6.45, 7) is 2.01. The van der Waals surface area contributed by atoms with E-state index >= 15 is 0 Å². The van der Waals surface area contributed by atoms with E-state index in [0.717, 1.165) is 16.8 Å². The van der Waals surface area contributed by atoms with Crippen LogP contribution in [-0.2, 0) is 14.6 Å². The topological polar surface area (TPSA) is 85.4 Å². The zero-order valence-corrected chi connectivity index (χ0v) is 17.1. The largest absolute Gasteiger partial charge is 0.497 e. The number of aromatic nitrogens is 1. The van der Waals surface area contributed by atoms with Crippen LogP contribution in [0.25, 0.3) is 11.3 Å². The molecule has 28 heavy (non-hydrogen) atoms. The SMILES string of the molecule is COc1ccc(S(=O)(=O)CCC(=O)Nc2nc(-c3ccc(C)cc3)cs2)cc1. The monoisotopic (exact) mass is 416 g/mol. The van der Waals surface area contributed by atoms with E-state index in [0.29, 0.717) is 10.9 Å². The van der Waals surface area contributed by atoms with E-state index < -0.39 is 9.84 Å². The van der Waals surface area contributed by atoms with Gasteiger partial charge in [-0.05, 0) is 31.2 Å². The first-order chi connectivity index (χ1) is 13.4. The Bertz CT molecular complexity index is 1060. The molecule has 0 radical (unpaired) electrons. The van der Waals surface area contributed by atoms with Crippen molar-refractivity contribution in [3.8, 4) is 17.0 Å². The molecule has 1 amide bonds. The summed E-state index contributed by atoms with van der Waals surface area (Å²) in [5.74, 6) is -0.0896. The summed E-state index contributed by atoms with van der Waals surface area (Å²) in [6, 6.07) is 14.0. The normalized spacial score (nSPS) is 11.2. The van der Waals surface area contributed by atoms with Gasteiger partial charge in [-0.2, -0.15) is 0 Å². The summed E-state index contributed by atoms with van der Waals surface area (Å²) in [4.78, 5) is 16.7. The van der Waals surface area contributed by atoms with Crippen molar-refractivity contribution in [3.63, 3.8) is 0 Å². The summed E-state index contributed by atoms with van der Waals surface area (Å²) in [5, 5.41) is 4.97. The molecule has 3 rings (SSSR count). The second-order valence-corrected chi connectivity index (χ2v) is 9.16. The van der Waals surface area contributed by atoms with Gasteiger partial charge in [0.15, 0.2) is 15.0 Å². The van der Waals surface area contributed by atoms with E-state index in [1.54, 1.807) is 12.1 Å². The lowest BCUT2D eigenvalue weighted by atomic mass is 10.1. The van der Waals surface area contributed by atoms with Crippen LogP contribution in [0.1, 0.15) is 12.0 Å². The fourth-order valence-corrected chi connectivity index (χ4v) is 4.47. The number of thiazole rings is 1. The minimum Gasteiger partial charge on any atom is -0.497 e. The Hall–Kier alpha value is -2.71. The number of hydrogen-bond acceptors (Lipinski definition) is 6. The number of hydrogen-bond donors (Lipinski definition) is 1. The molecule has 3 aromatic rings. The van der Waals surface area contributed by atoms with Crippen LogP contribution in [0.5, 0.6) is 5.75 Å². The number of sulfone groups is 1. The third-order valence-corrected chi connectivity index (χ3v) is 6.60. The molecular formula is C20H20N2O4S2. The number of carbonyl (C=O) groups is 1. The number of carbonyl (C=O) groups excluding carboxylic acids is 1. The first kappa shape index (κ1) is 20.0. The number of anilines is 1. The Morgan fingerprint density at radius 1 is 1.11 bits per heavy atom. The van der Waals surface area contributed by atoms with Crippen molar-refractivity contribution in [1.29, 1.82) is 0 Å². The van der Waals surface area contributed by atoms with Crippen molar-refractivity contribution in [3.05, 3.63) is 59.5 Å². The van der Waals surface area contributed by atoms with Crippen LogP contribution in [0, 0.1) is 6.92 Å². The molecule has 2 aromatic carbocycles. The van der Waals surface area contributed by atoms with Crippen LogP contribution < -0.4 is 10.1 Å². The quantitative estimate of drug-likeness (QED) is 0.631. The maximum atomic E-state index is 12.4. The molecule has 0 spiro atoms. The molecule has 0 saturated heterocycles. The average Bonchev–Trinajstić information content (AvgIpc) is 3.15. The highest BCUT2D eigenvalue weighted by Gasteiger charge is 2.17. The van der Waals surface area contributed by atoms with Gasteiger partial charge in [-0.15, -0.1) is 11.3 Å². The molecule has 146 valence electrons. The third kappa shape index (κ3) is 4.96. The van der Waals surface area contributed by atoms with Crippen molar-refractivity contribution in [2.75, 3.05) is 18.2 Å². The summed E-state index contributed by atoms with van der Waals surface area (Å²) in [7, 11) is -2.04. The molecule has 0 fully saturated rings.